The van der Waals surface area contributed by atoms with Gasteiger partial charge in [-0.25, -0.2) is 4.98 Å². The molecule has 1 aliphatic heterocycles. The molecule has 6 heteroatoms. The van der Waals surface area contributed by atoms with Crippen molar-refractivity contribution in [3.8, 4) is 16.9 Å². The molecule has 2 aromatic rings. The Morgan fingerprint density at radius 3 is 2.67 bits per heavy atom. The highest BCUT2D eigenvalue weighted by molar-refractivity contribution is 6.31. The zero-order valence-corrected chi connectivity index (χ0v) is 14.4. The number of hydrogen-bond acceptors (Lipinski definition) is 5. The summed E-state index contributed by atoms with van der Waals surface area (Å²) in [5.74, 6) is 1.44. The van der Waals surface area contributed by atoms with Gasteiger partial charge < -0.3 is 19.9 Å². The highest BCUT2D eigenvalue weighted by Crippen LogP contribution is 2.31. The van der Waals surface area contributed by atoms with E-state index < -0.39 is 0 Å². The summed E-state index contributed by atoms with van der Waals surface area (Å²) in [7, 11) is 0. The van der Waals surface area contributed by atoms with Crippen molar-refractivity contribution in [3.63, 3.8) is 0 Å². The fourth-order valence-corrected chi connectivity index (χ4v) is 2.88. The van der Waals surface area contributed by atoms with Gasteiger partial charge in [0.2, 0.25) is 0 Å². The minimum atomic E-state index is 0.217. The van der Waals surface area contributed by atoms with Gasteiger partial charge in [-0.1, -0.05) is 11.6 Å². The number of aromatic nitrogens is 1. The molecule has 0 aliphatic carbocycles. The zero-order valence-electron chi connectivity index (χ0n) is 13.6. The molecule has 0 amide bonds. The van der Waals surface area contributed by atoms with Crippen LogP contribution < -0.4 is 10.5 Å². The fraction of sp³-hybridized carbons (Fsp3) is 0.389. The van der Waals surface area contributed by atoms with Gasteiger partial charge in [0.1, 0.15) is 11.6 Å². The first-order valence-corrected chi connectivity index (χ1v) is 8.31. The number of nitrogens with two attached hydrogens (primary N) is 1. The molecule has 1 saturated heterocycles. The van der Waals surface area contributed by atoms with Gasteiger partial charge in [-0.05, 0) is 42.3 Å². The van der Waals surface area contributed by atoms with Crippen molar-refractivity contribution < 1.29 is 14.2 Å². The topological polar surface area (TPSA) is 66.6 Å². The number of benzene rings is 1. The molecule has 0 saturated carbocycles. The van der Waals surface area contributed by atoms with Gasteiger partial charge in [-0.3, -0.25) is 0 Å². The van der Waals surface area contributed by atoms with Crippen LogP contribution in [0.3, 0.4) is 0 Å². The number of ether oxygens (including phenoxy) is 3. The van der Waals surface area contributed by atoms with Crippen LogP contribution in [0.4, 0.5) is 5.82 Å². The first-order valence-electron chi connectivity index (χ1n) is 7.93. The SMILES string of the molecule is Cc1cc(N)ncc1-c1cc(Cl)cc(OCC2COCCOC2)c1. The molecule has 1 aliphatic rings. The van der Waals surface area contributed by atoms with Gasteiger partial charge in [0.05, 0.1) is 33.0 Å². The number of nitrogens with zero attached hydrogens (tertiary/aromatic N) is 1. The Kier molecular flexibility index (Phi) is 5.56. The molecule has 0 unspecified atom stereocenters. The largest absolute Gasteiger partial charge is 0.493 e. The molecule has 2 N–H and O–H groups in total. The number of anilines is 1. The number of nitrogen functional groups attached to an aromatic ring is 1. The summed E-state index contributed by atoms with van der Waals surface area (Å²) >= 11 is 6.26. The summed E-state index contributed by atoms with van der Waals surface area (Å²) in [6, 6.07) is 7.51. The lowest BCUT2D eigenvalue weighted by Crippen LogP contribution is -2.20. The molecule has 0 atom stereocenters. The molecule has 1 aromatic heterocycles. The Labute approximate surface area is 146 Å². The average Bonchev–Trinajstić information content (AvgIpc) is 2.81. The van der Waals surface area contributed by atoms with Gasteiger partial charge in [0, 0.05) is 22.7 Å². The fourth-order valence-electron chi connectivity index (χ4n) is 2.66. The summed E-state index contributed by atoms with van der Waals surface area (Å²) < 4.78 is 16.9. The summed E-state index contributed by atoms with van der Waals surface area (Å²) in [6.45, 7) is 5.10. The Bertz CT molecular complexity index is 701. The van der Waals surface area contributed by atoms with Gasteiger partial charge in [-0.2, -0.15) is 0 Å². The van der Waals surface area contributed by atoms with Gasteiger partial charge in [0.15, 0.2) is 0 Å². The first kappa shape index (κ1) is 17.0. The van der Waals surface area contributed by atoms with Gasteiger partial charge in [0.25, 0.3) is 0 Å². The minimum Gasteiger partial charge on any atom is -0.493 e. The maximum atomic E-state index is 6.26. The third kappa shape index (κ3) is 4.38. The molecule has 0 bridgehead atoms. The molecule has 128 valence electrons. The molecule has 3 rings (SSSR count). The first-order chi connectivity index (χ1) is 11.6. The van der Waals surface area contributed by atoms with E-state index in [1.54, 1.807) is 6.20 Å². The maximum absolute atomic E-state index is 6.26. The quantitative estimate of drug-likeness (QED) is 0.918. The lowest BCUT2D eigenvalue weighted by atomic mass is 10.0. The summed E-state index contributed by atoms with van der Waals surface area (Å²) in [6.07, 6.45) is 1.76. The molecule has 0 spiro atoms. The van der Waals surface area contributed by atoms with E-state index in [1.807, 2.05) is 31.2 Å². The lowest BCUT2D eigenvalue weighted by Gasteiger charge is -2.15. The standard InChI is InChI=1S/C18H21ClN2O3/c1-12-4-18(20)21-8-17(12)14-5-15(19)7-16(6-14)24-11-13-9-22-2-3-23-10-13/h4-8,13H,2-3,9-11H2,1H3,(H2,20,21). The Hall–Kier alpha value is -1.82. The third-order valence-electron chi connectivity index (χ3n) is 3.88. The van der Waals surface area contributed by atoms with Crippen molar-refractivity contribution in [1.29, 1.82) is 0 Å². The third-order valence-corrected chi connectivity index (χ3v) is 4.10. The highest BCUT2D eigenvalue weighted by atomic mass is 35.5. The van der Waals surface area contributed by atoms with Crippen LogP contribution in [0.15, 0.2) is 30.5 Å². The van der Waals surface area contributed by atoms with Crippen molar-refractivity contribution in [1.82, 2.24) is 4.98 Å². The van der Waals surface area contributed by atoms with E-state index in [9.17, 15) is 0 Å². The second-order valence-electron chi connectivity index (χ2n) is 5.93. The molecule has 2 heterocycles. The Balaban J connectivity index is 1.76. The Morgan fingerprint density at radius 2 is 1.96 bits per heavy atom. The molecule has 0 radical (unpaired) electrons. The molecule has 24 heavy (non-hydrogen) atoms. The van der Waals surface area contributed by atoms with Crippen molar-refractivity contribution in [2.24, 2.45) is 5.92 Å². The van der Waals surface area contributed by atoms with Crippen LogP contribution in [-0.2, 0) is 9.47 Å². The number of hydrogen-bond donors (Lipinski definition) is 1. The second-order valence-corrected chi connectivity index (χ2v) is 6.36. The minimum absolute atomic E-state index is 0.217. The summed E-state index contributed by atoms with van der Waals surface area (Å²) in [4.78, 5) is 4.17. The molecular weight excluding hydrogens is 328 g/mol. The molecular formula is C18H21ClN2O3. The number of halogens is 1. The predicted octanol–water partition coefficient (Wildman–Crippen LogP) is 3.33. The van der Waals surface area contributed by atoms with Crippen LogP contribution in [0.1, 0.15) is 5.56 Å². The molecule has 5 nitrogen and oxygen atoms in total. The number of pyridine rings is 1. The van der Waals surface area contributed by atoms with E-state index in [4.69, 9.17) is 31.5 Å². The summed E-state index contributed by atoms with van der Waals surface area (Å²) in [5.41, 5.74) is 8.70. The van der Waals surface area contributed by atoms with Crippen LogP contribution in [0, 0.1) is 12.8 Å². The van der Waals surface area contributed by atoms with Gasteiger partial charge >= 0.3 is 0 Å². The van der Waals surface area contributed by atoms with Crippen LogP contribution in [0.5, 0.6) is 5.75 Å². The number of aryl methyl sites for hydroxylation is 1. The molecule has 1 aromatic carbocycles. The van der Waals surface area contributed by atoms with Crippen molar-refractivity contribution in [2.45, 2.75) is 6.92 Å². The van der Waals surface area contributed by atoms with Crippen LogP contribution >= 0.6 is 11.6 Å². The Morgan fingerprint density at radius 1 is 1.21 bits per heavy atom. The van der Waals surface area contributed by atoms with E-state index in [1.165, 1.54) is 0 Å². The number of rotatable bonds is 4. The second kappa shape index (κ2) is 7.83. The molecule has 1 fully saturated rings. The van der Waals surface area contributed by atoms with E-state index in [2.05, 4.69) is 4.98 Å². The van der Waals surface area contributed by atoms with Crippen molar-refractivity contribution in [2.75, 3.05) is 38.8 Å². The van der Waals surface area contributed by atoms with Crippen LogP contribution in [0.25, 0.3) is 11.1 Å². The smallest absolute Gasteiger partial charge is 0.123 e. The van der Waals surface area contributed by atoms with Crippen molar-refractivity contribution >= 4 is 17.4 Å². The predicted molar refractivity (Wildman–Crippen MR) is 94.5 cm³/mol. The van der Waals surface area contributed by atoms with E-state index >= 15 is 0 Å². The summed E-state index contributed by atoms with van der Waals surface area (Å²) in [5, 5.41) is 0.618. The zero-order chi connectivity index (χ0) is 16.9. The lowest BCUT2D eigenvalue weighted by molar-refractivity contribution is 0.101. The highest BCUT2D eigenvalue weighted by Gasteiger charge is 2.14. The van der Waals surface area contributed by atoms with E-state index in [0.717, 1.165) is 22.4 Å². The van der Waals surface area contributed by atoms with Gasteiger partial charge in [-0.15, -0.1) is 0 Å². The average molecular weight is 349 g/mol. The maximum Gasteiger partial charge on any atom is 0.123 e. The van der Waals surface area contributed by atoms with E-state index in [0.29, 0.717) is 43.9 Å². The monoisotopic (exact) mass is 348 g/mol. The van der Waals surface area contributed by atoms with Crippen molar-refractivity contribution in [3.05, 3.63) is 41.0 Å². The normalized spacial score (nSPS) is 15.9. The van der Waals surface area contributed by atoms with Crippen LogP contribution in [-0.4, -0.2) is 38.0 Å². The van der Waals surface area contributed by atoms with Crippen LogP contribution in [0.2, 0.25) is 5.02 Å². The van der Waals surface area contributed by atoms with E-state index in [-0.39, 0.29) is 5.92 Å².